The summed E-state index contributed by atoms with van der Waals surface area (Å²) in [5, 5.41) is 20.4. The summed E-state index contributed by atoms with van der Waals surface area (Å²) in [6.45, 7) is 2.09. The van der Waals surface area contributed by atoms with Crippen molar-refractivity contribution in [2.75, 3.05) is 13.1 Å². The van der Waals surface area contributed by atoms with E-state index in [9.17, 15) is 18.3 Å². The van der Waals surface area contributed by atoms with E-state index >= 15 is 0 Å². The predicted octanol–water partition coefficient (Wildman–Crippen LogP) is 1.93. The summed E-state index contributed by atoms with van der Waals surface area (Å²) < 4.78 is 31.7. The number of alkyl halides is 3. The van der Waals surface area contributed by atoms with Gasteiger partial charge in [0.05, 0.1) is 6.10 Å². The van der Waals surface area contributed by atoms with Crippen molar-refractivity contribution in [2.24, 2.45) is 5.92 Å². The second kappa shape index (κ2) is 6.26. The van der Waals surface area contributed by atoms with E-state index in [1.54, 1.807) is 0 Å². The lowest BCUT2D eigenvalue weighted by molar-refractivity contribution is -0.192. The number of benzene rings is 1. The highest BCUT2D eigenvalue weighted by Crippen LogP contribution is 2.47. The van der Waals surface area contributed by atoms with Gasteiger partial charge in [-0.2, -0.15) is 13.2 Å². The van der Waals surface area contributed by atoms with Gasteiger partial charge in [0.1, 0.15) is 0 Å². The first-order valence-corrected chi connectivity index (χ1v) is 7.00. The molecule has 1 aromatic rings. The van der Waals surface area contributed by atoms with Crippen molar-refractivity contribution in [3.05, 3.63) is 35.9 Å². The lowest BCUT2D eigenvalue weighted by Gasteiger charge is -2.28. The first kappa shape index (κ1) is 16.8. The Morgan fingerprint density at radius 2 is 1.86 bits per heavy atom. The van der Waals surface area contributed by atoms with Crippen LogP contribution < -0.4 is 5.32 Å². The van der Waals surface area contributed by atoms with E-state index in [1.165, 1.54) is 5.56 Å². The van der Waals surface area contributed by atoms with Crippen LogP contribution in [0.3, 0.4) is 0 Å². The van der Waals surface area contributed by atoms with Gasteiger partial charge in [0.2, 0.25) is 0 Å². The van der Waals surface area contributed by atoms with Gasteiger partial charge in [-0.05, 0) is 30.9 Å². The summed E-state index contributed by atoms with van der Waals surface area (Å²) in [5.41, 5.74) is 1.61. The number of fused-ring (bicyclic) bond motifs is 1. The Morgan fingerprint density at radius 1 is 1.27 bits per heavy atom. The molecular formula is C15H18F3NO3. The monoisotopic (exact) mass is 317 g/mol. The Hall–Kier alpha value is -1.60. The van der Waals surface area contributed by atoms with Crippen LogP contribution in [-0.2, 0) is 10.2 Å². The minimum atomic E-state index is -5.08. The number of hydrogen-bond donors (Lipinski definition) is 3. The van der Waals surface area contributed by atoms with Gasteiger partial charge in [0.25, 0.3) is 0 Å². The molecule has 1 saturated carbocycles. The number of carbonyl (C=O) groups is 1. The molecule has 7 heteroatoms. The molecule has 1 aromatic carbocycles. The van der Waals surface area contributed by atoms with Crippen molar-refractivity contribution in [3.63, 3.8) is 0 Å². The van der Waals surface area contributed by atoms with Crippen LogP contribution in [0.15, 0.2) is 30.3 Å². The Labute approximate surface area is 126 Å². The Kier molecular flexibility index (Phi) is 4.77. The summed E-state index contributed by atoms with van der Waals surface area (Å²) in [4.78, 5) is 8.90. The van der Waals surface area contributed by atoms with Gasteiger partial charge in [-0.15, -0.1) is 0 Å². The van der Waals surface area contributed by atoms with E-state index in [4.69, 9.17) is 9.90 Å². The average molecular weight is 317 g/mol. The number of aliphatic carboxylic acids is 1. The van der Waals surface area contributed by atoms with Crippen LogP contribution in [0.2, 0.25) is 0 Å². The smallest absolute Gasteiger partial charge is 0.475 e. The number of aliphatic hydroxyl groups is 1. The van der Waals surface area contributed by atoms with Crippen LogP contribution in [-0.4, -0.2) is 41.6 Å². The molecule has 1 saturated heterocycles. The highest BCUT2D eigenvalue weighted by atomic mass is 19.4. The van der Waals surface area contributed by atoms with Gasteiger partial charge >= 0.3 is 12.1 Å². The number of halogens is 3. The molecule has 3 N–H and O–H groups in total. The van der Waals surface area contributed by atoms with Crippen LogP contribution >= 0.6 is 0 Å². The number of rotatable bonds is 1. The molecule has 122 valence electrons. The zero-order chi connectivity index (χ0) is 16.4. The Balaban J connectivity index is 0.000000217. The maximum atomic E-state index is 10.6. The van der Waals surface area contributed by atoms with Gasteiger partial charge in [-0.1, -0.05) is 30.3 Å². The Bertz CT molecular complexity index is 521. The molecule has 1 aliphatic carbocycles. The zero-order valence-electron chi connectivity index (χ0n) is 11.8. The number of aliphatic hydroxyl groups excluding tert-OH is 1. The molecule has 0 amide bonds. The molecule has 1 aliphatic heterocycles. The fourth-order valence-electron chi connectivity index (χ4n) is 3.41. The molecule has 3 atom stereocenters. The molecule has 4 nitrogen and oxygen atoms in total. The largest absolute Gasteiger partial charge is 0.490 e. The van der Waals surface area contributed by atoms with Crippen molar-refractivity contribution in [3.8, 4) is 0 Å². The molecule has 0 bridgehead atoms. The number of carboxylic acids is 1. The van der Waals surface area contributed by atoms with E-state index in [1.807, 2.05) is 0 Å². The van der Waals surface area contributed by atoms with Crippen molar-refractivity contribution in [2.45, 2.75) is 30.5 Å². The van der Waals surface area contributed by atoms with Crippen LogP contribution in [0.4, 0.5) is 13.2 Å². The third kappa shape index (κ3) is 3.41. The maximum Gasteiger partial charge on any atom is 0.490 e. The molecule has 0 radical (unpaired) electrons. The first-order chi connectivity index (χ1) is 10.3. The van der Waals surface area contributed by atoms with Crippen LogP contribution in [0, 0.1) is 5.92 Å². The summed E-state index contributed by atoms with van der Waals surface area (Å²) in [7, 11) is 0. The molecule has 22 heavy (non-hydrogen) atoms. The highest BCUT2D eigenvalue weighted by Gasteiger charge is 2.50. The second-order valence-corrected chi connectivity index (χ2v) is 5.75. The van der Waals surface area contributed by atoms with Gasteiger partial charge < -0.3 is 15.5 Å². The van der Waals surface area contributed by atoms with E-state index in [0.29, 0.717) is 5.92 Å². The molecule has 0 spiro atoms. The molecule has 0 unspecified atom stereocenters. The molecular weight excluding hydrogens is 299 g/mol. The quantitative estimate of drug-likeness (QED) is 0.740. The maximum absolute atomic E-state index is 10.6. The fraction of sp³-hybridized carbons (Fsp3) is 0.533. The first-order valence-electron chi connectivity index (χ1n) is 7.00. The van der Waals surface area contributed by atoms with Gasteiger partial charge in [0.15, 0.2) is 0 Å². The van der Waals surface area contributed by atoms with E-state index in [0.717, 1.165) is 25.9 Å². The van der Waals surface area contributed by atoms with Gasteiger partial charge in [0, 0.05) is 12.0 Å². The van der Waals surface area contributed by atoms with Crippen LogP contribution in [0.1, 0.15) is 18.4 Å². The van der Waals surface area contributed by atoms with E-state index < -0.39 is 12.1 Å². The van der Waals surface area contributed by atoms with Crippen molar-refractivity contribution in [1.82, 2.24) is 5.32 Å². The normalized spacial score (nSPS) is 30.4. The standard InChI is InChI=1S/C13H17NO.C2HF3O2/c15-12-6-11-8-14-9-13(11,7-12)10-4-2-1-3-5-10;3-2(4,5)1(6)7/h1-5,11-12,14-15H,6-9H2;(H,6,7)/t11-,12-,13+;/m1./s1. The third-order valence-corrected chi connectivity index (χ3v) is 4.36. The third-order valence-electron chi connectivity index (χ3n) is 4.36. The SMILES string of the molecule is O=C(O)C(F)(F)F.O[C@@H]1C[C@@H]2CNC[C@]2(c2ccccc2)C1. The fourth-order valence-corrected chi connectivity index (χ4v) is 3.41. The number of hydrogen-bond acceptors (Lipinski definition) is 3. The van der Waals surface area contributed by atoms with E-state index in [2.05, 4.69) is 35.6 Å². The molecule has 0 aromatic heterocycles. The van der Waals surface area contributed by atoms with Crippen LogP contribution in [0.25, 0.3) is 0 Å². The molecule has 3 rings (SSSR count). The Morgan fingerprint density at radius 3 is 2.41 bits per heavy atom. The van der Waals surface area contributed by atoms with Crippen molar-refractivity contribution in [1.29, 1.82) is 0 Å². The second-order valence-electron chi connectivity index (χ2n) is 5.75. The van der Waals surface area contributed by atoms with Gasteiger partial charge in [-0.25, -0.2) is 4.79 Å². The topological polar surface area (TPSA) is 69.6 Å². The van der Waals surface area contributed by atoms with Crippen molar-refractivity contribution < 1.29 is 28.2 Å². The van der Waals surface area contributed by atoms with Gasteiger partial charge in [-0.3, -0.25) is 0 Å². The molecule has 2 aliphatic rings. The van der Waals surface area contributed by atoms with Crippen LogP contribution in [0.5, 0.6) is 0 Å². The number of nitrogens with one attached hydrogen (secondary N) is 1. The lowest BCUT2D eigenvalue weighted by atomic mass is 9.75. The number of carboxylic acid groups (broad SMARTS) is 1. The summed E-state index contributed by atoms with van der Waals surface area (Å²) in [6, 6.07) is 10.7. The minimum absolute atomic E-state index is 0.0997. The van der Waals surface area contributed by atoms with Crippen molar-refractivity contribution >= 4 is 5.97 Å². The highest BCUT2D eigenvalue weighted by molar-refractivity contribution is 5.73. The van der Waals surface area contributed by atoms with E-state index in [-0.39, 0.29) is 11.5 Å². The summed E-state index contributed by atoms with van der Waals surface area (Å²) in [5.74, 6) is -2.14. The lowest BCUT2D eigenvalue weighted by Crippen LogP contribution is -2.31. The minimum Gasteiger partial charge on any atom is -0.475 e. The molecule has 2 fully saturated rings. The summed E-state index contributed by atoms with van der Waals surface area (Å²) >= 11 is 0. The zero-order valence-corrected chi connectivity index (χ0v) is 11.8. The summed E-state index contributed by atoms with van der Waals surface area (Å²) in [6.07, 6.45) is -3.30. The predicted molar refractivity (Wildman–Crippen MR) is 73.4 cm³/mol. The molecule has 1 heterocycles. The average Bonchev–Trinajstić information content (AvgIpc) is 2.96.